The van der Waals surface area contributed by atoms with Gasteiger partial charge >= 0.3 is 5.97 Å². The molecule has 0 aliphatic carbocycles. The van der Waals surface area contributed by atoms with E-state index in [0.717, 1.165) is 10.6 Å². The average Bonchev–Trinajstić information content (AvgIpc) is 2.80. The summed E-state index contributed by atoms with van der Waals surface area (Å²) < 4.78 is 6.47. The Morgan fingerprint density at radius 2 is 2.30 bits per heavy atom. The van der Waals surface area contributed by atoms with E-state index in [1.165, 1.54) is 11.3 Å². The highest BCUT2D eigenvalue weighted by molar-refractivity contribution is 7.09. The Hall–Kier alpha value is -1.95. The first-order chi connectivity index (χ1) is 9.58. The monoisotopic (exact) mass is 292 g/mol. The molecule has 0 N–H and O–H groups in total. The van der Waals surface area contributed by atoms with Crippen molar-refractivity contribution in [2.45, 2.75) is 26.8 Å². The molecule has 0 aromatic carbocycles. The normalized spacial score (nSPS) is 10.5. The van der Waals surface area contributed by atoms with E-state index in [-0.39, 0.29) is 17.9 Å². The fourth-order valence-electron chi connectivity index (χ4n) is 1.75. The molecule has 5 nitrogen and oxygen atoms in total. The summed E-state index contributed by atoms with van der Waals surface area (Å²) >= 11 is 1.44. The summed E-state index contributed by atoms with van der Waals surface area (Å²) in [5, 5.41) is 2.63. The maximum atomic E-state index is 11.8. The van der Waals surface area contributed by atoms with Crippen molar-refractivity contribution in [3.63, 3.8) is 0 Å². The topological polar surface area (TPSA) is 61.2 Å². The van der Waals surface area contributed by atoms with Gasteiger partial charge in [0, 0.05) is 17.6 Å². The van der Waals surface area contributed by atoms with Gasteiger partial charge in [-0.3, -0.25) is 9.59 Å². The van der Waals surface area contributed by atoms with E-state index in [2.05, 4.69) is 4.98 Å². The van der Waals surface area contributed by atoms with Crippen molar-refractivity contribution in [1.29, 1.82) is 0 Å². The molecule has 0 saturated heterocycles. The number of thiazole rings is 1. The van der Waals surface area contributed by atoms with Gasteiger partial charge in [0.25, 0.3) is 5.56 Å². The fraction of sp³-hybridized carbons (Fsp3) is 0.357. The Balaban J connectivity index is 2.06. The molecule has 6 heteroatoms. The van der Waals surface area contributed by atoms with E-state index in [1.54, 1.807) is 23.8 Å². The minimum Gasteiger partial charge on any atom is -0.466 e. The van der Waals surface area contributed by atoms with Crippen LogP contribution in [0.25, 0.3) is 0 Å². The van der Waals surface area contributed by atoms with E-state index in [4.69, 9.17) is 4.74 Å². The second-order valence-electron chi connectivity index (χ2n) is 4.38. The highest BCUT2D eigenvalue weighted by Crippen LogP contribution is 2.12. The summed E-state index contributed by atoms with van der Waals surface area (Å²) in [6.07, 6.45) is 1.93. The molecule has 20 heavy (non-hydrogen) atoms. The molecule has 0 aliphatic rings. The molecule has 0 fully saturated rings. The molecule has 0 spiro atoms. The van der Waals surface area contributed by atoms with Crippen molar-refractivity contribution >= 4 is 17.3 Å². The molecule has 106 valence electrons. The summed E-state index contributed by atoms with van der Waals surface area (Å²) in [6, 6.07) is 3.47. The van der Waals surface area contributed by atoms with Crippen LogP contribution in [0.1, 0.15) is 23.2 Å². The van der Waals surface area contributed by atoms with E-state index in [9.17, 15) is 9.59 Å². The van der Waals surface area contributed by atoms with Crippen LogP contribution in [0.3, 0.4) is 0 Å². The lowest BCUT2D eigenvalue weighted by Crippen LogP contribution is -2.19. The van der Waals surface area contributed by atoms with Gasteiger partial charge in [-0.25, -0.2) is 4.98 Å². The number of ether oxygens (including phenoxy) is 1. The highest BCUT2D eigenvalue weighted by Gasteiger charge is 2.09. The van der Waals surface area contributed by atoms with Crippen LogP contribution in [-0.4, -0.2) is 22.1 Å². The lowest BCUT2D eigenvalue weighted by Gasteiger charge is -2.02. The van der Waals surface area contributed by atoms with Gasteiger partial charge in [-0.15, -0.1) is 11.3 Å². The zero-order valence-corrected chi connectivity index (χ0v) is 12.3. The lowest BCUT2D eigenvalue weighted by molar-refractivity contribution is -0.142. The Morgan fingerprint density at radius 3 is 3.00 bits per heavy atom. The Bertz CT molecular complexity index is 660. The van der Waals surface area contributed by atoms with Crippen LogP contribution in [0.5, 0.6) is 0 Å². The number of hydrogen-bond donors (Lipinski definition) is 0. The van der Waals surface area contributed by atoms with Gasteiger partial charge in [0.1, 0.15) is 5.01 Å². The van der Waals surface area contributed by atoms with Crippen molar-refractivity contribution in [2.24, 2.45) is 0 Å². The molecule has 0 bridgehead atoms. The third kappa shape index (κ3) is 3.77. The molecule has 2 aromatic rings. The minimum atomic E-state index is -0.281. The zero-order chi connectivity index (χ0) is 14.5. The van der Waals surface area contributed by atoms with Gasteiger partial charge in [0.15, 0.2) is 0 Å². The van der Waals surface area contributed by atoms with Crippen LogP contribution in [0.4, 0.5) is 0 Å². The highest BCUT2D eigenvalue weighted by atomic mass is 32.1. The van der Waals surface area contributed by atoms with Crippen LogP contribution in [0.2, 0.25) is 0 Å². The van der Waals surface area contributed by atoms with Crippen LogP contribution >= 0.6 is 11.3 Å². The summed E-state index contributed by atoms with van der Waals surface area (Å²) in [4.78, 5) is 27.5. The quantitative estimate of drug-likeness (QED) is 0.788. The molecule has 2 aromatic heterocycles. The van der Waals surface area contributed by atoms with Crippen LogP contribution in [-0.2, 0) is 22.5 Å². The number of aromatic nitrogens is 2. The van der Waals surface area contributed by atoms with E-state index < -0.39 is 0 Å². The number of pyridine rings is 1. The van der Waals surface area contributed by atoms with Gasteiger partial charge in [0.2, 0.25) is 0 Å². The number of rotatable bonds is 5. The molecular weight excluding hydrogens is 276 g/mol. The third-order valence-corrected chi connectivity index (χ3v) is 3.57. The van der Waals surface area contributed by atoms with Crippen LogP contribution in [0, 0.1) is 6.92 Å². The largest absolute Gasteiger partial charge is 0.466 e. The lowest BCUT2D eigenvalue weighted by atomic mass is 10.3. The number of aryl methyl sites for hydroxylation is 1. The maximum Gasteiger partial charge on any atom is 0.311 e. The Morgan fingerprint density at radius 1 is 1.50 bits per heavy atom. The van der Waals surface area contributed by atoms with Gasteiger partial charge in [-0.2, -0.15) is 0 Å². The van der Waals surface area contributed by atoms with Gasteiger partial charge in [-0.1, -0.05) is 0 Å². The molecule has 0 aliphatic heterocycles. The summed E-state index contributed by atoms with van der Waals surface area (Å²) in [5.41, 5.74) is 1.57. The fourth-order valence-corrected chi connectivity index (χ4v) is 2.54. The molecule has 2 rings (SSSR count). The maximum absolute atomic E-state index is 11.8. The molecule has 0 radical (unpaired) electrons. The van der Waals surface area contributed by atoms with Crippen molar-refractivity contribution in [3.8, 4) is 0 Å². The average molecular weight is 292 g/mol. The van der Waals surface area contributed by atoms with Gasteiger partial charge in [-0.05, 0) is 25.5 Å². The number of carbonyl (C=O) groups is 1. The Kier molecular flexibility index (Phi) is 4.68. The Labute approximate surface area is 120 Å². The molecule has 0 atom stereocenters. The summed E-state index contributed by atoms with van der Waals surface area (Å²) in [5.74, 6) is -0.281. The summed E-state index contributed by atoms with van der Waals surface area (Å²) in [7, 11) is 0. The van der Waals surface area contributed by atoms with E-state index in [0.29, 0.717) is 18.8 Å². The second-order valence-corrected chi connectivity index (χ2v) is 5.33. The standard InChI is InChI=1S/C14H16N2O3S/c1-3-19-14(18)7-11-9-20-12(15-11)8-16-5-4-10(2)6-13(16)17/h4-6,9H,3,7-8H2,1-2H3. The third-order valence-electron chi connectivity index (χ3n) is 2.69. The first-order valence-corrected chi connectivity index (χ1v) is 7.22. The van der Waals surface area contributed by atoms with Crippen molar-refractivity contribution in [2.75, 3.05) is 6.61 Å². The summed E-state index contributed by atoms with van der Waals surface area (Å²) in [6.45, 7) is 4.45. The predicted molar refractivity (Wildman–Crippen MR) is 77.0 cm³/mol. The smallest absolute Gasteiger partial charge is 0.311 e. The minimum absolute atomic E-state index is 0.0489. The number of esters is 1. The van der Waals surface area contributed by atoms with Crippen molar-refractivity contribution in [1.82, 2.24) is 9.55 Å². The first kappa shape index (κ1) is 14.5. The van der Waals surface area contributed by atoms with Gasteiger partial charge < -0.3 is 9.30 Å². The molecule has 0 unspecified atom stereocenters. The number of nitrogens with zero attached hydrogens (tertiary/aromatic N) is 2. The SMILES string of the molecule is CCOC(=O)Cc1csc(Cn2ccc(C)cc2=O)n1. The van der Waals surface area contributed by atoms with Crippen molar-refractivity contribution < 1.29 is 9.53 Å². The predicted octanol–water partition coefficient (Wildman–Crippen LogP) is 1.77. The molecular formula is C14H16N2O3S. The molecule has 2 heterocycles. The number of carbonyl (C=O) groups excluding carboxylic acids is 1. The zero-order valence-electron chi connectivity index (χ0n) is 11.5. The van der Waals surface area contributed by atoms with Crippen LogP contribution in [0.15, 0.2) is 28.5 Å². The van der Waals surface area contributed by atoms with Crippen LogP contribution < -0.4 is 5.56 Å². The molecule has 0 saturated carbocycles. The second kappa shape index (κ2) is 6.47. The van der Waals surface area contributed by atoms with E-state index in [1.807, 2.05) is 18.4 Å². The van der Waals surface area contributed by atoms with E-state index >= 15 is 0 Å². The van der Waals surface area contributed by atoms with Gasteiger partial charge in [0.05, 0.1) is 25.3 Å². The molecule has 0 amide bonds. The number of hydrogen-bond acceptors (Lipinski definition) is 5. The van der Waals surface area contributed by atoms with Crippen molar-refractivity contribution in [3.05, 3.63) is 50.3 Å². The first-order valence-electron chi connectivity index (χ1n) is 6.34.